The van der Waals surface area contributed by atoms with Gasteiger partial charge in [-0.05, 0) is 12.1 Å². The minimum atomic E-state index is -4.23. The molecule has 1 aromatic carbocycles. The summed E-state index contributed by atoms with van der Waals surface area (Å²) in [4.78, 5) is -0.234. The quantitative estimate of drug-likeness (QED) is 0.448. The Hall–Kier alpha value is -0.780. The Bertz CT molecular complexity index is 416. The van der Waals surface area contributed by atoms with Crippen molar-refractivity contribution >= 4 is 27.4 Å². The van der Waals surface area contributed by atoms with Crippen molar-refractivity contribution in [2.75, 3.05) is 5.73 Å². The summed E-state index contributed by atoms with van der Waals surface area (Å²) in [5.74, 6) is -0.0538. The highest BCUT2D eigenvalue weighted by atomic mass is 35.5. The molecule has 0 aromatic heterocycles. The lowest BCUT2D eigenvalue weighted by Gasteiger charge is -2.06. The number of alkyl halides is 1. The van der Waals surface area contributed by atoms with Gasteiger partial charge in [-0.15, -0.1) is 11.6 Å². The van der Waals surface area contributed by atoms with Gasteiger partial charge in [0.25, 0.3) is 10.1 Å². The summed E-state index contributed by atoms with van der Waals surface area (Å²) in [6.07, 6.45) is 0. The number of anilines is 1. The Morgan fingerprint density at radius 2 is 2.08 bits per heavy atom. The second kappa shape index (κ2) is 3.53. The van der Waals surface area contributed by atoms with Crippen molar-refractivity contribution in [2.45, 2.75) is 10.8 Å². The topological polar surface area (TPSA) is 80.4 Å². The molecular weight excluding hydrogens is 214 g/mol. The fourth-order valence-electron chi connectivity index (χ4n) is 0.967. The van der Waals surface area contributed by atoms with E-state index in [1.165, 1.54) is 18.2 Å². The summed E-state index contributed by atoms with van der Waals surface area (Å²) in [6, 6.07) is 4.21. The number of halogens is 1. The SMILES string of the molecule is Nc1cccc(S(=O)(=O)O)c1CCl. The molecule has 1 aromatic rings. The molecular formula is C7H8ClNO3S. The Kier molecular flexibility index (Phi) is 2.80. The van der Waals surface area contributed by atoms with E-state index in [0.717, 1.165) is 0 Å². The van der Waals surface area contributed by atoms with Crippen molar-refractivity contribution in [1.82, 2.24) is 0 Å². The molecule has 4 nitrogen and oxygen atoms in total. The van der Waals surface area contributed by atoms with Crippen LogP contribution in [-0.4, -0.2) is 13.0 Å². The Morgan fingerprint density at radius 3 is 2.46 bits per heavy atom. The van der Waals surface area contributed by atoms with Crippen molar-refractivity contribution in [3.05, 3.63) is 23.8 Å². The Morgan fingerprint density at radius 1 is 1.46 bits per heavy atom. The van der Waals surface area contributed by atoms with Crippen LogP contribution in [0.25, 0.3) is 0 Å². The largest absolute Gasteiger partial charge is 0.398 e. The zero-order valence-corrected chi connectivity index (χ0v) is 8.14. The van der Waals surface area contributed by atoms with Crippen molar-refractivity contribution in [3.8, 4) is 0 Å². The van der Waals surface area contributed by atoms with E-state index in [0.29, 0.717) is 0 Å². The molecule has 0 aliphatic rings. The van der Waals surface area contributed by atoms with Crippen molar-refractivity contribution < 1.29 is 13.0 Å². The summed E-state index contributed by atoms with van der Waals surface area (Å²) in [7, 11) is -4.23. The van der Waals surface area contributed by atoms with Crippen LogP contribution < -0.4 is 5.73 Å². The van der Waals surface area contributed by atoms with Crippen LogP contribution in [0, 0.1) is 0 Å². The third-order valence-corrected chi connectivity index (χ3v) is 2.79. The number of nitrogen functional groups attached to an aromatic ring is 1. The van der Waals surface area contributed by atoms with Crippen LogP contribution >= 0.6 is 11.6 Å². The lowest BCUT2D eigenvalue weighted by molar-refractivity contribution is 0.482. The zero-order chi connectivity index (χ0) is 10.1. The van der Waals surface area contributed by atoms with Crippen molar-refractivity contribution in [3.63, 3.8) is 0 Å². The van der Waals surface area contributed by atoms with Gasteiger partial charge in [-0.25, -0.2) is 0 Å². The van der Waals surface area contributed by atoms with Gasteiger partial charge in [0.05, 0.1) is 5.88 Å². The van der Waals surface area contributed by atoms with Gasteiger partial charge in [0.2, 0.25) is 0 Å². The molecule has 0 saturated heterocycles. The fraction of sp³-hybridized carbons (Fsp3) is 0.143. The average Bonchev–Trinajstić information content (AvgIpc) is 2.02. The molecule has 13 heavy (non-hydrogen) atoms. The predicted octanol–water partition coefficient (Wildman–Crippen LogP) is 1.25. The molecule has 3 N–H and O–H groups in total. The van der Waals surface area contributed by atoms with Gasteiger partial charge >= 0.3 is 0 Å². The number of nitrogens with two attached hydrogens (primary N) is 1. The van der Waals surface area contributed by atoms with Crippen LogP contribution in [0.3, 0.4) is 0 Å². The molecule has 1 rings (SSSR count). The second-order valence-corrected chi connectivity index (χ2v) is 4.09. The van der Waals surface area contributed by atoms with E-state index in [2.05, 4.69) is 0 Å². The first-order valence-corrected chi connectivity index (χ1v) is 5.35. The first-order chi connectivity index (χ1) is 5.96. The zero-order valence-electron chi connectivity index (χ0n) is 6.57. The van der Waals surface area contributed by atoms with Gasteiger partial charge in [-0.1, -0.05) is 6.07 Å². The number of benzene rings is 1. The summed E-state index contributed by atoms with van der Waals surface area (Å²) < 4.78 is 30.4. The van der Waals surface area contributed by atoms with Crippen LogP contribution in [0.2, 0.25) is 0 Å². The van der Waals surface area contributed by atoms with Crippen molar-refractivity contribution in [2.24, 2.45) is 0 Å². The molecule has 0 aliphatic heterocycles. The van der Waals surface area contributed by atoms with Gasteiger partial charge in [-0.3, -0.25) is 4.55 Å². The monoisotopic (exact) mass is 221 g/mol. The van der Waals surface area contributed by atoms with E-state index >= 15 is 0 Å². The van der Waals surface area contributed by atoms with Crippen LogP contribution in [-0.2, 0) is 16.0 Å². The molecule has 0 radical (unpaired) electrons. The van der Waals surface area contributed by atoms with Gasteiger partial charge in [-0.2, -0.15) is 8.42 Å². The number of rotatable bonds is 2. The van der Waals surface area contributed by atoms with E-state index in [1.54, 1.807) is 0 Å². The van der Waals surface area contributed by atoms with Gasteiger partial charge < -0.3 is 5.73 Å². The molecule has 0 unspecified atom stereocenters. The summed E-state index contributed by atoms with van der Waals surface area (Å²) >= 11 is 5.49. The molecule has 0 aliphatic carbocycles. The molecule has 6 heteroatoms. The van der Waals surface area contributed by atoms with E-state index in [1.807, 2.05) is 0 Å². The molecule has 0 heterocycles. The molecule has 72 valence electrons. The highest BCUT2D eigenvalue weighted by molar-refractivity contribution is 7.85. The number of hydrogen-bond acceptors (Lipinski definition) is 3. The highest BCUT2D eigenvalue weighted by Crippen LogP contribution is 2.22. The molecule has 0 atom stereocenters. The Balaban J connectivity index is 3.47. The third-order valence-electron chi connectivity index (χ3n) is 1.58. The maximum atomic E-state index is 10.8. The van der Waals surface area contributed by atoms with Crippen LogP contribution in [0.15, 0.2) is 23.1 Å². The molecule has 0 saturated carbocycles. The van der Waals surface area contributed by atoms with E-state index in [-0.39, 0.29) is 22.0 Å². The van der Waals surface area contributed by atoms with Crippen LogP contribution in [0.4, 0.5) is 5.69 Å². The average molecular weight is 222 g/mol. The maximum Gasteiger partial charge on any atom is 0.294 e. The predicted molar refractivity (Wildman–Crippen MR) is 50.2 cm³/mol. The van der Waals surface area contributed by atoms with Gasteiger partial charge in [0, 0.05) is 11.3 Å². The highest BCUT2D eigenvalue weighted by Gasteiger charge is 2.15. The van der Waals surface area contributed by atoms with Gasteiger partial charge in [0.1, 0.15) is 4.90 Å². The normalized spacial score (nSPS) is 11.5. The van der Waals surface area contributed by atoms with Crippen molar-refractivity contribution in [1.29, 1.82) is 0 Å². The van der Waals surface area contributed by atoms with E-state index < -0.39 is 10.1 Å². The summed E-state index contributed by atoms with van der Waals surface area (Å²) in [6.45, 7) is 0. The summed E-state index contributed by atoms with van der Waals surface area (Å²) in [5, 5.41) is 0. The lowest BCUT2D eigenvalue weighted by Crippen LogP contribution is -2.04. The first kappa shape index (κ1) is 10.3. The van der Waals surface area contributed by atoms with E-state index in [9.17, 15) is 8.42 Å². The number of hydrogen-bond donors (Lipinski definition) is 2. The van der Waals surface area contributed by atoms with Gasteiger partial charge in [0.15, 0.2) is 0 Å². The third kappa shape index (κ3) is 2.12. The first-order valence-electron chi connectivity index (χ1n) is 3.37. The maximum absolute atomic E-state index is 10.8. The standard InChI is InChI=1S/C7H8ClNO3S/c8-4-5-6(9)2-1-3-7(5)13(10,11)12/h1-3H,4,9H2,(H,10,11,12). The van der Waals surface area contributed by atoms with Crippen LogP contribution in [0.5, 0.6) is 0 Å². The summed E-state index contributed by atoms with van der Waals surface area (Å²) in [5.41, 5.74) is 5.95. The smallest absolute Gasteiger partial charge is 0.294 e. The van der Waals surface area contributed by atoms with E-state index in [4.69, 9.17) is 21.9 Å². The molecule has 0 fully saturated rings. The molecule has 0 spiro atoms. The lowest BCUT2D eigenvalue weighted by atomic mass is 10.2. The molecule has 0 amide bonds. The Labute approximate surface area is 81.1 Å². The molecule has 0 bridgehead atoms. The van der Waals surface area contributed by atoms with Crippen LogP contribution in [0.1, 0.15) is 5.56 Å². The second-order valence-electron chi connectivity index (χ2n) is 2.43. The minimum absolute atomic E-state index is 0.0538. The fourth-order valence-corrected chi connectivity index (χ4v) is 2.10. The minimum Gasteiger partial charge on any atom is -0.398 e.